The molecule has 0 spiro atoms. The third-order valence-electron chi connectivity index (χ3n) is 3.53. The number of hydrogen-bond acceptors (Lipinski definition) is 4. The zero-order chi connectivity index (χ0) is 17.4. The van der Waals surface area contributed by atoms with Gasteiger partial charge in [-0.05, 0) is 48.9 Å². The van der Waals surface area contributed by atoms with Crippen molar-refractivity contribution in [2.75, 3.05) is 10.8 Å². The minimum atomic E-state index is -0.629. The van der Waals surface area contributed by atoms with Gasteiger partial charge >= 0.3 is 0 Å². The maximum Gasteiger partial charge on any atom is 0.243 e. The molecule has 1 aliphatic rings. The number of anilines is 1. The SMILES string of the molecule is Cc1cc(F)c(C2=C(O)CN(c3ccc(Cl)cc3)SC2=O)c(Cl)c1. The fraction of sp³-hybridized carbons (Fsp3) is 0.118. The van der Waals surface area contributed by atoms with Crippen LogP contribution in [-0.4, -0.2) is 16.8 Å². The van der Waals surface area contributed by atoms with Crippen LogP contribution in [0.15, 0.2) is 42.2 Å². The number of nitrogens with zero attached hydrogens (tertiary/aromatic N) is 1. The van der Waals surface area contributed by atoms with Gasteiger partial charge in [0.2, 0.25) is 5.12 Å². The van der Waals surface area contributed by atoms with Crippen LogP contribution in [0.1, 0.15) is 11.1 Å². The highest BCUT2D eigenvalue weighted by Gasteiger charge is 2.31. The first-order valence-electron chi connectivity index (χ1n) is 7.00. The zero-order valence-electron chi connectivity index (χ0n) is 12.5. The molecular formula is C17H12Cl2FNO2S. The Labute approximate surface area is 152 Å². The predicted octanol–water partition coefficient (Wildman–Crippen LogP) is 5.41. The van der Waals surface area contributed by atoms with Gasteiger partial charge < -0.3 is 9.41 Å². The number of benzene rings is 2. The number of carbonyl (C=O) groups excluding carboxylic acids is 1. The van der Waals surface area contributed by atoms with Gasteiger partial charge in [0.25, 0.3) is 0 Å². The van der Waals surface area contributed by atoms with E-state index in [4.69, 9.17) is 23.2 Å². The molecule has 0 aromatic heterocycles. The highest BCUT2D eigenvalue weighted by molar-refractivity contribution is 8.16. The Hall–Kier alpha value is -1.69. The summed E-state index contributed by atoms with van der Waals surface area (Å²) in [5.41, 5.74) is 1.19. The minimum absolute atomic E-state index is 0.0526. The van der Waals surface area contributed by atoms with Crippen LogP contribution in [0.2, 0.25) is 10.0 Å². The molecule has 1 heterocycles. The van der Waals surface area contributed by atoms with Gasteiger partial charge in [-0.2, -0.15) is 0 Å². The van der Waals surface area contributed by atoms with Gasteiger partial charge in [-0.15, -0.1) is 0 Å². The van der Waals surface area contributed by atoms with Gasteiger partial charge in [0.1, 0.15) is 11.6 Å². The van der Waals surface area contributed by atoms with Crippen LogP contribution in [0.5, 0.6) is 0 Å². The summed E-state index contributed by atoms with van der Waals surface area (Å²) in [5, 5.41) is 10.5. The van der Waals surface area contributed by atoms with Crippen molar-refractivity contribution in [2.24, 2.45) is 0 Å². The molecule has 7 heteroatoms. The van der Waals surface area contributed by atoms with E-state index < -0.39 is 10.9 Å². The van der Waals surface area contributed by atoms with Crippen molar-refractivity contribution in [1.29, 1.82) is 0 Å². The Morgan fingerprint density at radius 1 is 1.21 bits per heavy atom. The molecule has 0 atom stereocenters. The van der Waals surface area contributed by atoms with Crippen LogP contribution >= 0.6 is 35.1 Å². The molecule has 124 valence electrons. The number of carbonyl (C=O) groups is 1. The van der Waals surface area contributed by atoms with Gasteiger partial charge in [-0.1, -0.05) is 23.2 Å². The van der Waals surface area contributed by atoms with Gasteiger partial charge in [0.15, 0.2) is 0 Å². The van der Waals surface area contributed by atoms with Crippen molar-refractivity contribution in [1.82, 2.24) is 0 Å². The molecule has 0 bridgehead atoms. The van der Waals surface area contributed by atoms with E-state index in [0.717, 1.165) is 11.9 Å². The second-order valence-electron chi connectivity index (χ2n) is 5.32. The van der Waals surface area contributed by atoms with E-state index in [1.807, 2.05) is 0 Å². The average Bonchev–Trinajstić information content (AvgIpc) is 2.49. The first-order valence-corrected chi connectivity index (χ1v) is 8.53. The lowest BCUT2D eigenvalue weighted by Crippen LogP contribution is -2.27. The van der Waals surface area contributed by atoms with Crippen LogP contribution in [-0.2, 0) is 4.79 Å². The maximum absolute atomic E-state index is 14.3. The van der Waals surface area contributed by atoms with Gasteiger partial charge in [0.05, 0.1) is 17.1 Å². The van der Waals surface area contributed by atoms with Crippen molar-refractivity contribution < 1.29 is 14.3 Å². The van der Waals surface area contributed by atoms with Gasteiger partial charge in [-0.25, -0.2) is 4.39 Å². The molecule has 0 saturated carbocycles. The lowest BCUT2D eigenvalue weighted by molar-refractivity contribution is -0.106. The molecule has 1 N–H and O–H groups in total. The van der Waals surface area contributed by atoms with Gasteiger partial charge in [-0.3, -0.25) is 4.79 Å². The van der Waals surface area contributed by atoms with Crippen molar-refractivity contribution in [2.45, 2.75) is 6.92 Å². The molecule has 2 aromatic carbocycles. The van der Waals surface area contributed by atoms with E-state index in [2.05, 4.69) is 0 Å². The fourth-order valence-corrected chi connectivity index (χ4v) is 3.86. The molecular weight excluding hydrogens is 372 g/mol. The molecule has 3 rings (SSSR count). The number of hydrogen-bond donors (Lipinski definition) is 1. The first-order chi connectivity index (χ1) is 11.4. The minimum Gasteiger partial charge on any atom is -0.510 e. The van der Waals surface area contributed by atoms with Crippen molar-refractivity contribution >= 4 is 51.5 Å². The summed E-state index contributed by atoms with van der Waals surface area (Å²) in [5.74, 6) is -0.853. The number of rotatable bonds is 2. The predicted molar refractivity (Wildman–Crippen MR) is 97.1 cm³/mol. The Kier molecular flexibility index (Phi) is 4.76. The first kappa shape index (κ1) is 17.1. The highest BCUT2D eigenvalue weighted by Crippen LogP contribution is 2.39. The second-order valence-corrected chi connectivity index (χ2v) is 7.15. The monoisotopic (exact) mass is 383 g/mol. The fourth-order valence-electron chi connectivity index (χ4n) is 2.45. The largest absolute Gasteiger partial charge is 0.510 e. The molecule has 0 fully saturated rings. The maximum atomic E-state index is 14.3. The summed E-state index contributed by atoms with van der Waals surface area (Å²) >= 11 is 12.8. The Morgan fingerprint density at radius 2 is 1.88 bits per heavy atom. The van der Waals surface area contributed by atoms with Gasteiger partial charge in [0, 0.05) is 28.2 Å². The molecule has 2 aromatic rings. The quantitative estimate of drug-likeness (QED) is 0.704. The summed E-state index contributed by atoms with van der Waals surface area (Å²) < 4.78 is 15.9. The van der Waals surface area contributed by atoms with Crippen LogP contribution in [0.4, 0.5) is 10.1 Å². The molecule has 3 nitrogen and oxygen atoms in total. The van der Waals surface area contributed by atoms with Crippen LogP contribution in [0, 0.1) is 12.7 Å². The van der Waals surface area contributed by atoms with Crippen molar-refractivity contribution in [3.8, 4) is 0 Å². The summed E-state index contributed by atoms with van der Waals surface area (Å²) in [6.07, 6.45) is 0. The summed E-state index contributed by atoms with van der Waals surface area (Å²) in [7, 11) is 0. The molecule has 0 unspecified atom stereocenters. The number of aliphatic hydroxyl groups excluding tert-OH is 1. The van der Waals surface area contributed by atoms with Crippen LogP contribution in [0.3, 0.4) is 0 Å². The zero-order valence-corrected chi connectivity index (χ0v) is 14.8. The Bertz CT molecular complexity index is 829. The number of halogens is 3. The molecule has 0 aliphatic carbocycles. The second kappa shape index (κ2) is 6.67. The molecule has 0 saturated heterocycles. The lowest BCUT2D eigenvalue weighted by Gasteiger charge is -2.28. The molecule has 0 amide bonds. The third-order valence-corrected chi connectivity index (χ3v) is 5.01. The molecule has 0 radical (unpaired) electrons. The third kappa shape index (κ3) is 3.24. The topological polar surface area (TPSA) is 40.5 Å². The van der Waals surface area contributed by atoms with E-state index in [-0.39, 0.29) is 28.5 Å². The molecule has 24 heavy (non-hydrogen) atoms. The smallest absolute Gasteiger partial charge is 0.243 e. The van der Waals surface area contributed by atoms with Crippen molar-refractivity contribution in [3.63, 3.8) is 0 Å². The van der Waals surface area contributed by atoms with E-state index in [1.54, 1.807) is 41.6 Å². The normalized spacial score (nSPS) is 15.2. The van der Waals surface area contributed by atoms with Crippen molar-refractivity contribution in [3.05, 3.63) is 69.1 Å². The van der Waals surface area contributed by atoms with E-state index in [9.17, 15) is 14.3 Å². The number of aliphatic hydroxyl groups is 1. The average molecular weight is 384 g/mol. The Balaban J connectivity index is 2.01. The summed E-state index contributed by atoms with van der Waals surface area (Å²) in [6.45, 7) is 1.75. The number of aryl methyl sites for hydroxylation is 1. The van der Waals surface area contributed by atoms with E-state index in [1.165, 1.54) is 6.07 Å². The molecule has 1 aliphatic heterocycles. The Morgan fingerprint density at radius 3 is 2.46 bits per heavy atom. The van der Waals surface area contributed by atoms with Crippen LogP contribution in [0.25, 0.3) is 5.57 Å². The van der Waals surface area contributed by atoms with E-state index >= 15 is 0 Å². The highest BCUT2D eigenvalue weighted by atomic mass is 35.5. The van der Waals surface area contributed by atoms with Crippen LogP contribution < -0.4 is 4.31 Å². The van der Waals surface area contributed by atoms with E-state index in [0.29, 0.717) is 16.3 Å². The standard InChI is InChI=1S/C17H12Cl2FNO2S/c1-9-6-12(19)15(13(20)7-9)16-14(22)8-21(24-17(16)23)11-4-2-10(18)3-5-11/h2-7,22H,8H2,1H3. The lowest BCUT2D eigenvalue weighted by atomic mass is 10.0. The summed E-state index contributed by atoms with van der Waals surface area (Å²) in [6, 6.07) is 9.69. The summed E-state index contributed by atoms with van der Waals surface area (Å²) in [4.78, 5) is 12.5.